The molecule has 0 aliphatic rings. The van der Waals surface area contributed by atoms with Crippen LogP contribution in [-0.2, 0) is 10.0 Å². The topological polar surface area (TPSA) is 37.4 Å². The molecule has 8 heteroatoms. The number of sulfonamides is 1. The van der Waals surface area contributed by atoms with Gasteiger partial charge >= 0.3 is 0 Å². The van der Waals surface area contributed by atoms with Crippen LogP contribution in [0.3, 0.4) is 0 Å². The van der Waals surface area contributed by atoms with Crippen LogP contribution in [0.1, 0.15) is 5.56 Å². The van der Waals surface area contributed by atoms with Gasteiger partial charge in [0.15, 0.2) is 0 Å². The Morgan fingerprint density at radius 2 is 1.88 bits per heavy atom. The summed E-state index contributed by atoms with van der Waals surface area (Å²) in [6.07, 6.45) is 0. The Kier molecular flexibility index (Phi) is 6.22. The van der Waals surface area contributed by atoms with Crippen LogP contribution in [0.15, 0.2) is 14.1 Å². The molecule has 1 aromatic rings. The first-order valence-electron chi connectivity index (χ1n) is 4.81. The number of hydrogen-bond donors (Lipinski definition) is 0. The van der Waals surface area contributed by atoms with Gasteiger partial charge < -0.3 is 0 Å². The van der Waals surface area contributed by atoms with Crippen LogP contribution >= 0.6 is 50.5 Å². The highest BCUT2D eigenvalue weighted by molar-refractivity contribution is 9.11. The highest BCUT2D eigenvalue weighted by atomic mass is 79.9. The minimum atomic E-state index is -3.47. The molecule has 0 saturated heterocycles. The van der Waals surface area contributed by atoms with Crippen molar-refractivity contribution in [2.75, 3.05) is 24.8 Å². The van der Waals surface area contributed by atoms with Gasteiger partial charge in [-0.3, -0.25) is 0 Å². The minimum absolute atomic E-state index is 0.252. The second-order valence-electron chi connectivity index (χ2n) is 3.30. The van der Waals surface area contributed by atoms with Crippen molar-refractivity contribution in [2.45, 2.75) is 11.1 Å². The molecule has 1 heterocycles. The standard InChI is InChI=1S/C9H12BrCl2NO2S2/c1-7-6-8(16-9(7)10)17(14,15)13(4-2-11)5-3-12/h6H,2-5H2,1H3. The van der Waals surface area contributed by atoms with Crippen LogP contribution in [-0.4, -0.2) is 37.6 Å². The zero-order valence-electron chi connectivity index (χ0n) is 9.12. The average molecular weight is 381 g/mol. The van der Waals surface area contributed by atoms with E-state index in [-0.39, 0.29) is 24.8 Å². The summed E-state index contributed by atoms with van der Waals surface area (Å²) >= 11 is 15.7. The van der Waals surface area contributed by atoms with Gasteiger partial charge in [0.2, 0.25) is 0 Å². The van der Waals surface area contributed by atoms with E-state index in [1.54, 1.807) is 6.07 Å². The van der Waals surface area contributed by atoms with Crippen molar-refractivity contribution in [3.05, 3.63) is 15.4 Å². The molecule has 17 heavy (non-hydrogen) atoms. The summed E-state index contributed by atoms with van der Waals surface area (Å²) < 4.78 is 27.0. The Labute approximate surface area is 124 Å². The molecule has 0 bridgehead atoms. The van der Waals surface area contributed by atoms with E-state index in [2.05, 4.69) is 15.9 Å². The second-order valence-corrected chi connectivity index (χ2v) is 8.60. The van der Waals surface area contributed by atoms with Gasteiger partial charge in [-0.2, -0.15) is 4.31 Å². The molecule has 0 amide bonds. The molecular formula is C9H12BrCl2NO2S2. The summed E-state index contributed by atoms with van der Waals surface area (Å²) in [6.45, 7) is 2.39. The fourth-order valence-corrected chi connectivity index (χ4v) is 5.66. The Hall–Kier alpha value is 0.670. The van der Waals surface area contributed by atoms with Crippen LogP contribution in [0.4, 0.5) is 0 Å². The second kappa shape index (κ2) is 6.73. The van der Waals surface area contributed by atoms with E-state index in [1.807, 2.05) is 6.92 Å². The highest BCUT2D eigenvalue weighted by Crippen LogP contribution is 2.32. The van der Waals surface area contributed by atoms with Gasteiger partial charge in [0.25, 0.3) is 10.0 Å². The lowest BCUT2D eigenvalue weighted by molar-refractivity contribution is 0.450. The smallest absolute Gasteiger partial charge is 0.206 e. The van der Waals surface area contributed by atoms with Crippen molar-refractivity contribution in [1.82, 2.24) is 4.31 Å². The van der Waals surface area contributed by atoms with E-state index in [1.165, 1.54) is 15.6 Å². The van der Waals surface area contributed by atoms with Gasteiger partial charge in [0.05, 0.1) is 3.79 Å². The molecule has 0 fully saturated rings. The molecule has 1 aromatic heterocycles. The van der Waals surface area contributed by atoms with Crippen LogP contribution in [0, 0.1) is 6.92 Å². The third-order valence-electron chi connectivity index (χ3n) is 2.10. The van der Waals surface area contributed by atoms with Crippen molar-refractivity contribution < 1.29 is 8.42 Å². The number of hydrogen-bond acceptors (Lipinski definition) is 3. The van der Waals surface area contributed by atoms with E-state index in [0.29, 0.717) is 4.21 Å². The number of nitrogens with zero attached hydrogens (tertiary/aromatic N) is 1. The van der Waals surface area contributed by atoms with Gasteiger partial charge in [-0.1, -0.05) is 0 Å². The summed E-state index contributed by atoms with van der Waals surface area (Å²) in [5.41, 5.74) is 0.908. The molecular weight excluding hydrogens is 369 g/mol. The molecule has 0 unspecified atom stereocenters. The maximum absolute atomic E-state index is 12.3. The zero-order chi connectivity index (χ0) is 13.1. The lowest BCUT2D eigenvalue weighted by atomic mass is 10.4. The number of aryl methyl sites for hydroxylation is 1. The van der Waals surface area contributed by atoms with E-state index in [4.69, 9.17) is 23.2 Å². The summed E-state index contributed by atoms with van der Waals surface area (Å²) in [7, 11) is -3.47. The molecule has 0 radical (unpaired) electrons. The van der Waals surface area contributed by atoms with Crippen LogP contribution < -0.4 is 0 Å². The van der Waals surface area contributed by atoms with Crippen molar-refractivity contribution in [2.24, 2.45) is 0 Å². The van der Waals surface area contributed by atoms with E-state index < -0.39 is 10.0 Å². The van der Waals surface area contributed by atoms with Crippen LogP contribution in [0.5, 0.6) is 0 Å². The third-order valence-corrected chi connectivity index (χ3v) is 6.92. The molecule has 0 aromatic carbocycles. The third kappa shape index (κ3) is 3.81. The molecule has 0 aliphatic carbocycles. The number of rotatable bonds is 6. The van der Waals surface area contributed by atoms with Crippen molar-refractivity contribution in [1.29, 1.82) is 0 Å². The maximum atomic E-state index is 12.3. The van der Waals surface area contributed by atoms with Crippen molar-refractivity contribution in [3.8, 4) is 0 Å². The van der Waals surface area contributed by atoms with Gasteiger partial charge in [0.1, 0.15) is 4.21 Å². The Morgan fingerprint density at radius 3 is 2.24 bits per heavy atom. The first kappa shape index (κ1) is 15.7. The van der Waals surface area contributed by atoms with Gasteiger partial charge in [0, 0.05) is 24.8 Å². The quantitative estimate of drug-likeness (QED) is 0.710. The Bertz CT molecular complexity index is 450. The van der Waals surface area contributed by atoms with E-state index >= 15 is 0 Å². The average Bonchev–Trinajstić information content (AvgIpc) is 2.59. The molecule has 0 saturated carbocycles. The summed E-state index contributed by atoms with van der Waals surface area (Å²) in [5.74, 6) is 0.503. The fraction of sp³-hybridized carbons (Fsp3) is 0.556. The van der Waals surface area contributed by atoms with Gasteiger partial charge in [-0.25, -0.2) is 8.42 Å². The van der Waals surface area contributed by atoms with Crippen molar-refractivity contribution in [3.63, 3.8) is 0 Å². The lowest BCUT2D eigenvalue weighted by Gasteiger charge is -2.18. The molecule has 0 aliphatic heterocycles. The summed E-state index contributed by atoms with van der Waals surface area (Å²) in [4.78, 5) is 0. The Balaban J connectivity index is 3.06. The summed E-state index contributed by atoms with van der Waals surface area (Å²) in [6, 6.07) is 1.65. The van der Waals surface area contributed by atoms with Gasteiger partial charge in [-0.15, -0.1) is 34.5 Å². The normalized spacial score (nSPS) is 12.3. The largest absolute Gasteiger partial charge is 0.252 e. The van der Waals surface area contributed by atoms with Crippen molar-refractivity contribution >= 4 is 60.5 Å². The number of thiophene rings is 1. The molecule has 0 atom stereocenters. The van der Waals surface area contributed by atoms with Gasteiger partial charge in [-0.05, 0) is 34.5 Å². The monoisotopic (exact) mass is 379 g/mol. The fourth-order valence-electron chi connectivity index (χ4n) is 1.23. The number of halogens is 3. The SMILES string of the molecule is Cc1cc(S(=O)(=O)N(CCCl)CCCl)sc1Br. The van der Waals surface area contributed by atoms with Crippen LogP contribution in [0.25, 0.3) is 0 Å². The molecule has 98 valence electrons. The maximum Gasteiger partial charge on any atom is 0.252 e. The first-order valence-corrected chi connectivity index (χ1v) is 8.93. The predicted molar refractivity (Wildman–Crippen MR) is 77.0 cm³/mol. The minimum Gasteiger partial charge on any atom is -0.206 e. The first-order chi connectivity index (χ1) is 7.93. The molecule has 1 rings (SSSR count). The predicted octanol–water partition coefficient (Wildman–Crippen LogP) is 3.29. The lowest BCUT2D eigenvalue weighted by Crippen LogP contribution is -2.34. The highest BCUT2D eigenvalue weighted by Gasteiger charge is 2.25. The zero-order valence-corrected chi connectivity index (χ0v) is 13.9. The molecule has 0 spiro atoms. The van der Waals surface area contributed by atoms with E-state index in [0.717, 1.165) is 9.35 Å². The van der Waals surface area contributed by atoms with E-state index in [9.17, 15) is 8.42 Å². The Morgan fingerprint density at radius 1 is 1.35 bits per heavy atom. The van der Waals surface area contributed by atoms with Crippen LogP contribution in [0.2, 0.25) is 0 Å². The number of alkyl halides is 2. The molecule has 3 nitrogen and oxygen atoms in total. The molecule has 0 N–H and O–H groups in total. The summed E-state index contributed by atoms with van der Waals surface area (Å²) in [5, 5.41) is 0.